The first-order valence-corrected chi connectivity index (χ1v) is 8.72. The van der Waals surface area contributed by atoms with Crippen molar-refractivity contribution in [2.75, 3.05) is 5.32 Å². The van der Waals surface area contributed by atoms with Gasteiger partial charge in [-0.25, -0.2) is 9.67 Å². The molecule has 2 heterocycles. The Morgan fingerprint density at radius 2 is 2.30 bits per heavy atom. The second kappa shape index (κ2) is 6.62. The van der Waals surface area contributed by atoms with Crippen LogP contribution in [0.1, 0.15) is 47.2 Å². The van der Waals surface area contributed by atoms with Crippen molar-refractivity contribution >= 4 is 22.4 Å². The molecule has 1 aliphatic carbocycles. The van der Waals surface area contributed by atoms with Gasteiger partial charge in [0.05, 0.1) is 5.69 Å². The summed E-state index contributed by atoms with van der Waals surface area (Å²) in [5.41, 5.74) is 1.09. The summed E-state index contributed by atoms with van der Waals surface area (Å²) in [7, 11) is 1.52. The lowest BCUT2D eigenvalue weighted by Gasteiger charge is -2.19. The highest BCUT2D eigenvalue weighted by molar-refractivity contribution is 7.15. The van der Waals surface area contributed by atoms with E-state index in [0.717, 1.165) is 29.1 Å². The van der Waals surface area contributed by atoms with Crippen LogP contribution in [0.2, 0.25) is 0 Å². The summed E-state index contributed by atoms with van der Waals surface area (Å²) in [4.78, 5) is 29.4. The first kappa shape index (κ1) is 15.9. The van der Waals surface area contributed by atoms with E-state index in [2.05, 4.69) is 22.3 Å². The summed E-state index contributed by atoms with van der Waals surface area (Å²) in [6, 6.07) is 2.77. The highest BCUT2D eigenvalue weighted by atomic mass is 32.1. The first-order chi connectivity index (χ1) is 11.1. The fourth-order valence-corrected chi connectivity index (χ4v) is 4.05. The topological polar surface area (TPSA) is 76.9 Å². The Balaban J connectivity index is 1.72. The van der Waals surface area contributed by atoms with E-state index >= 15 is 0 Å². The SMILES string of the molecule is CCC[C@@H]1CCc2nc(NC(=O)c3ccc(=O)n(C)n3)sc2C1. The highest BCUT2D eigenvalue weighted by Gasteiger charge is 2.23. The maximum absolute atomic E-state index is 12.2. The molecule has 2 aromatic rings. The van der Waals surface area contributed by atoms with Crippen LogP contribution in [0.15, 0.2) is 16.9 Å². The molecule has 1 aliphatic rings. The predicted molar refractivity (Wildman–Crippen MR) is 90.0 cm³/mol. The molecule has 0 bridgehead atoms. The van der Waals surface area contributed by atoms with Crippen molar-refractivity contribution in [2.45, 2.75) is 39.0 Å². The lowest BCUT2D eigenvalue weighted by atomic mass is 9.88. The number of rotatable bonds is 4. The maximum Gasteiger partial charge on any atom is 0.277 e. The fourth-order valence-electron chi connectivity index (χ4n) is 2.94. The van der Waals surface area contributed by atoms with E-state index in [1.54, 1.807) is 11.3 Å². The molecular weight excluding hydrogens is 312 g/mol. The van der Waals surface area contributed by atoms with Gasteiger partial charge in [0.25, 0.3) is 11.5 Å². The predicted octanol–water partition coefficient (Wildman–Crippen LogP) is 2.39. The molecule has 0 aliphatic heterocycles. The van der Waals surface area contributed by atoms with Crippen molar-refractivity contribution in [1.29, 1.82) is 0 Å². The van der Waals surface area contributed by atoms with E-state index in [4.69, 9.17) is 0 Å². The minimum absolute atomic E-state index is 0.212. The minimum Gasteiger partial charge on any atom is -0.296 e. The van der Waals surface area contributed by atoms with Gasteiger partial charge in [0.15, 0.2) is 5.13 Å². The van der Waals surface area contributed by atoms with Gasteiger partial charge in [-0.05, 0) is 31.2 Å². The zero-order valence-electron chi connectivity index (χ0n) is 13.3. The van der Waals surface area contributed by atoms with Crippen molar-refractivity contribution in [2.24, 2.45) is 13.0 Å². The largest absolute Gasteiger partial charge is 0.296 e. The molecule has 3 rings (SSSR count). The smallest absolute Gasteiger partial charge is 0.277 e. The number of amides is 1. The van der Waals surface area contributed by atoms with Crippen LogP contribution in [0.3, 0.4) is 0 Å². The van der Waals surface area contributed by atoms with Crippen LogP contribution >= 0.6 is 11.3 Å². The average molecular weight is 332 g/mol. The van der Waals surface area contributed by atoms with Crippen LogP contribution in [0.25, 0.3) is 0 Å². The normalized spacial score (nSPS) is 16.9. The van der Waals surface area contributed by atoms with Crippen LogP contribution in [0.5, 0.6) is 0 Å². The second-order valence-corrected chi connectivity index (χ2v) is 7.00. The number of fused-ring (bicyclic) bond motifs is 1. The molecule has 0 fully saturated rings. The van der Waals surface area contributed by atoms with Gasteiger partial charge in [-0.2, -0.15) is 5.10 Å². The summed E-state index contributed by atoms with van der Waals surface area (Å²) < 4.78 is 1.15. The van der Waals surface area contributed by atoms with Crippen LogP contribution in [-0.2, 0) is 19.9 Å². The number of hydrogen-bond donors (Lipinski definition) is 1. The molecule has 0 saturated carbocycles. The molecule has 122 valence electrons. The Kier molecular flexibility index (Phi) is 4.56. The second-order valence-electron chi connectivity index (χ2n) is 5.92. The van der Waals surface area contributed by atoms with E-state index in [1.807, 2.05) is 0 Å². The Bertz CT molecular complexity index is 781. The summed E-state index contributed by atoms with van der Waals surface area (Å²) in [6.45, 7) is 2.22. The number of carbonyl (C=O) groups excluding carboxylic acids is 1. The number of nitrogens with one attached hydrogen (secondary N) is 1. The van der Waals surface area contributed by atoms with Crippen LogP contribution < -0.4 is 10.9 Å². The molecule has 0 aromatic carbocycles. The Labute approximate surface area is 138 Å². The average Bonchev–Trinajstić information content (AvgIpc) is 2.91. The number of aryl methyl sites for hydroxylation is 2. The Morgan fingerprint density at radius 1 is 1.48 bits per heavy atom. The highest BCUT2D eigenvalue weighted by Crippen LogP contribution is 2.34. The zero-order chi connectivity index (χ0) is 16.4. The molecule has 0 saturated heterocycles. The maximum atomic E-state index is 12.2. The van der Waals surface area contributed by atoms with Crippen molar-refractivity contribution in [1.82, 2.24) is 14.8 Å². The molecule has 1 amide bonds. The number of hydrogen-bond acceptors (Lipinski definition) is 5. The van der Waals surface area contributed by atoms with Crippen molar-refractivity contribution in [3.05, 3.63) is 38.8 Å². The van der Waals surface area contributed by atoms with Gasteiger partial charge in [-0.15, -0.1) is 11.3 Å². The van der Waals surface area contributed by atoms with Gasteiger partial charge in [-0.3, -0.25) is 14.9 Å². The first-order valence-electron chi connectivity index (χ1n) is 7.91. The Morgan fingerprint density at radius 3 is 3.04 bits per heavy atom. The molecule has 0 spiro atoms. The molecule has 0 radical (unpaired) electrons. The van der Waals surface area contributed by atoms with Crippen molar-refractivity contribution in [3.63, 3.8) is 0 Å². The molecule has 0 unspecified atom stereocenters. The van der Waals surface area contributed by atoms with E-state index in [0.29, 0.717) is 5.13 Å². The lowest BCUT2D eigenvalue weighted by molar-refractivity contribution is 0.102. The van der Waals surface area contributed by atoms with E-state index < -0.39 is 0 Å². The molecule has 1 atom stereocenters. The molecule has 1 N–H and O–H groups in total. The minimum atomic E-state index is -0.336. The van der Waals surface area contributed by atoms with Gasteiger partial charge in [0, 0.05) is 18.0 Å². The van der Waals surface area contributed by atoms with Gasteiger partial charge >= 0.3 is 0 Å². The number of carbonyl (C=O) groups is 1. The third kappa shape index (κ3) is 3.50. The molecule has 7 heteroatoms. The summed E-state index contributed by atoms with van der Waals surface area (Å²) in [6.07, 6.45) is 5.70. The van der Waals surface area contributed by atoms with Gasteiger partial charge in [0.2, 0.25) is 0 Å². The number of thiazole rings is 1. The van der Waals surface area contributed by atoms with E-state index in [9.17, 15) is 9.59 Å². The van der Waals surface area contributed by atoms with E-state index in [-0.39, 0.29) is 17.2 Å². The standard InChI is InChI=1S/C16H20N4O2S/c1-3-4-10-5-6-11-13(9-10)23-16(17-11)18-15(22)12-7-8-14(21)20(2)19-12/h7-8,10H,3-6,9H2,1-2H3,(H,17,18,22)/t10-/m1/s1. The van der Waals surface area contributed by atoms with Crippen molar-refractivity contribution < 1.29 is 4.79 Å². The van der Waals surface area contributed by atoms with Crippen LogP contribution in [0.4, 0.5) is 5.13 Å². The monoisotopic (exact) mass is 332 g/mol. The number of aromatic nitrogens is 3. The fraction of sp³-hybridized carbons (Fsp3) is 0.500. The molecule has 6 nitrogen and oxygen atoms in total. The Hall–Kier alpha value is -2.02. The van der Waals surface area contributed by atoms with Crippen LogP contribution in [-0.4, -0.2) is 20.7 Å². The third-order valence-electron chi connectivity index (χ3n) is 4.15. The van der Waals surface area contributed by atoms with Crippen molar-refractivity contribution in [3.8, 4) is 0 Å². The quantitative estimate of drug-likeness (QED) is 0.932. The van der Waals surface area contributed by atoms with Gasteiger partial charge in [0.1, 0.15) is 5.69 Å². The number of anilines is 1. The van der Waals surface area contributed by atoms with Gasteiger partial charge < -0.3 is 0 Å². The van der Waals surface area contributed by atoms with Crippen LogP contribution in [0, 0.1) is 5.92 Å². The van der Waals surface area contributed by atoms with E-state index in [1.165, 1.54) is 43.3 Å². The molecular formula is C16H20N4O2S. The van der Waals surface area contributed by atoms with Gasteiger partial charge in [-0.1, -0.05) is 19.8 Å². The number of nitrogens with zero attached hydrogens (tertiary/aromatic N) is 3. The molecule has 23 heavy (non-hydrogen) atoms. The molecule has 2 aromatic heterocycles. The lowest BCUT2D eigenvalue weighted by Crippen LogP contribution is -2.23. The summed E-state index contributed by atoms with van der Waals surface area (Å²) >= 11 is 1.56. The zero-order valence-corrected chi connectivity index (χ0v) is 14.2. The summed E-state index contributed by atoms with van der Waals surface area (Å²) in [5.74, 6) is 0.402. The summed E-state index contributed by atoms with van der Waals surface area (Å²) in [5, 5.41) is 7.37. The third-order valence-corrected chi connectivity index (χ3v) is 5.19.